The molecule has 0 aliphatic heterocycles. The highest BCUT2D eigenvalue weighted by atomic mass is 16.4. The van der Waals surface area contributed by atoms with Gasteiger partial charge in [-0.2, -0.15) is 0 Å². The van der Waals surface area contributed by atoms with Crippen LogP contribution in [0.4, 0.5) is 0 Å². The Bertz CT molecular complexity index is 517. The highest BCUT2D eigenvalue weighted by molar-refractivity contribution is 5.96. The van der Waals surface area contributed by atoms with Gasteiger partial charge in [-0.25, -0.2) is 0 Å². The van der Waals surface area contributed by atoms with Crippen LogP contribution in [0.3, 0.4) is 0 Å². The number of rotatable bonds is 7. The van der Waals surface area contributed by atoms with Crippen LogP contribution in [0.25, 0.3) is 0 Å². The maximum absolute atomic E-state index is 12.3. The lowest BCUT2D eigenvalue weighted by atomic mass is 9.94. The number of hydrogen-bond acceptors (Lipinski definition) is 3. The maximum atomic E-state index is 12.3. The summed E-state index contributed by atoms with van der Waals surface area (Å²) in [6, 6.07) is 0. The van der Waals surface area contributed by atoms with Crippen molar-refractivity contribution in [3.8, 4) is 0 Å². The van der Waals surface area contributed by atoms with Gasteiger partial charge in [-0.05, 0) is 39.0 Å². The summed E-state index contributed by atoms with van der Waals surface area (Å²) in [4.78, 5) is 23.1. The number of carboxylic acids is 1. The first kappa shape index (κ1) is 17.3. The van der Waals surface area contributed by atoms with Gasteiger partial charge in [0.05, 0.1) is 5.56 Å². The topological polar surface area (TPSA) is 79.5 Å². The molecule has 0 saturated heterocycles. The molecule has 0 aliphatic carbocycles. The van der Waals surface area contributed by atoms with Crippen LogP contribution in [0.2, 0.25) is 0 Å². The predicted octanol–water partition coefficient (Wildman–Crippen LogP) is 3.07. The number of furan rings is 1. The van der Waals surface area contributed by atoms with Gasteiger partial charge in [-0.15, -0.1) is 0 Å². The number of aliphatic carboxylic acids is 1. The van der Waals surface area contributed by atoms with Crippen LogP contribution in [-0.2, 0) is 4.79 Å². The van der Waals surface area contributed by atoms with Crippen molar-refractivity contribution in [3.05, 3.63) is 22.6 Å². The number of carbonyl (C=O) groups is 2. The molecular weight excluding hydrogens is 270 g/mol. The fourth-order valence-electron chi connectivity index (χ4n) is 2.61. The fourth-order valence-corrected chi connectivity index (χ4v) is 2.61. The summed E-state index contributed by atoms with van der Waals surface area (Å²) in [5.74, 6) is 0.649. The van der Waals surface area contributed by atoms with E-state index in [9.17, 15) is 9.59 Å². The lowest BCUT2D eigenvalue weighted by Gasteiger charge is -2.17. The first-order valence-corrected chi connectivity index (χ1v) is 7.28. The zero-order valence-electron chi connectivity index (χ0n) is 13.4. The van der Waals surface area contributed by atoms with Crippen molar-refractivity contribution in [2.75, 3.05) is 6.54 Å². The van der Waals surface area contributed by atoms with E-state index in [0.29, 0.717) is 23.8 Å². The third-order valence-corrected chi connectivity index (χ3v) is 3.61. The summed E-state index contributed by atoms with van der Waals surface area (Å²) < 4.78 is 5.45. The Morgan fingerprint density at radius 3 is 2.24 bits per heavy atom. The number of carboxylic acid groups (broad SMARTS) is 1. The molecule has 1 amide bonds. The molecule has 0 radical (unpaired) electrons. The first-order valence-electron chi connectivity index (χ1n) is 7.28. The first-order chi connectivity index (χ1) is 9.72. The van der Waals surface area contributed by atoms with Crippen LogP contribution in [0.5, 0.6) is 0 Å². The molecule has 2 N–H and O–H groups in total. The van der Waals surface area contributed by atoms with E-state index >= 15 is 0 Å². The molecule has 1 atom stereocenters. The zero-order valence-corrected chi connectivity index (χ0v) is 13.4. The van der Waals surface area contributed by atoms with E-state index in [1.165, 1.54) is 0 Å². The number of aryl methyl sites for hydroxylation is 2. The van der Waals surface area contributed by atoms with Crippen molar-refractivity contribution in [2.45, 2.75) is 47.5 Å². The van der Waals surface area contributed by atoms with Crippen LogP contribution in [0.1, 0.15) is 54.1 Å². The third-order valence-electron chi connectivity index (χ3n) is 3.61. The molecule has 0 saturated carbocycles. The summed E-state index contributed by atoms with van der Waals surface area (Å²) in [6.07, 6.45) is 0.843. The second kappa shape index (κ2) is 7.29. The van der Waals surface area contributed by atoms with E-state index in [0.717, 1.165) is 17.7 Å². The van der Waals surface area contributed by atoms with Gasteiger partial charge in [-0.3, -0.25) is 9.59 Å². The lowest BCUT2D eigenvalue weighted by molar-refractivity contribution is -0.138. The average molecular weight is 295 g/mol. The Kier molecular flexibility index (Phi) is 6.00. The van der Waals surface area contributed by atoms with Crippen molar-refractivity contribution in [1.82, 2.24) is 5.32 Å². The normalized spacial score (nSPS) is 12.5. The Hall–Kier alpha value is -1.78. The van der Waals surface area contributed by atoms with Crippen LogP contribution in [0, 0.1) is 32.6 Å². The van der Waals surface area contributed by atoms with Crippen molar-refractivity contribution >= 4 is 11.9 Å². The van der Waals surface area contributed by atoms with Gasteiger partial charge in [0, 0.05) is 18.5 Å². The van der Waals surface area contributed by atoms with E-state index in [-0.39, 0.29) is 18.2 Å². The van der Waals surface area contributed by atoms with Crippen LogP contribution >= 0.6 is 0 Å². The van der Waals surface area contributed by atoms with Crippen molar-refractivity contribution in [2.24, 2.45) is 11.8 Å². The lowest BCUT2D eigenvalue weighted by Crippen LogP contribution is -2.31. The van der Waals surface area contributed by atoms with Gasteiger partial charge < -0.3 is 14.8 Å². The van der Waals surface area contributed by atoms with E-state index in [1.54, 1.807) is 6.92 Å². The van der Waals surface area contributed by atoms with Gasteiger partial charge in [0.1, 0.15) is 11.5 Å². The third kappa shape index (κ3) is 4.92. The molecule has 5 nitrogen and oxygen atoms in total. The molecule has 21 heavy (non-hydrogen) atoms. The minimum atomic E-state index is -0.832. The molecule has 0 aromatic carbocycles. The Morgan fingerprint density at radius 1 is 1.19 bits per heavy atom. The standard InChI is InChI=1S/C16H25NO4/c1-9(2)6-13(7-14(18)19)8-17-16(20)15-10(3)11(4)21-12(15)5/h9,13H,6-8H2,1-5H3,(H,17,20)(H,18,19). The summed E-state index contributed by atoms with van der Waals surface area (Å²) in [5.41, 5.74) is 1.40. The van der Waals surface area contributed by atoms with Crippen molar-refractivity contribution < 1.29 is 19.1 Å². The summed E-state index contributed by atoms with van der Waals surface area (Å²) in [5, 5.41) is 11.8. The minimum Gasteiger partial charge on any atom is -0.481 e. The van der Waals surface area contributed by atoms with Crippen LogP contribution in [-0.4, -0.2) is 23.5 Å². The molecule has 0 aliphatic rings. The molecule has 1 heterocycles. The number of carbonyl (C=O) groups excluding carboxylic acids is 1. The minimum absolute atomic E-state index is 0.0555. The SMILES string of the molecule is Cc1oc(C)c(C(=O)NCC(CC(=O)O)CC(C)C)c1C. The molecule has 1 unspecified atom stereocenters. The number of hydrogen-bond donors (Lipinski definition) is 2. The molecule has 1 aromatic rings. The van der Waals surface area contributed by atoms with Crippen molar-refractivity contribution in [3.63, 3.8) is 0 Å². The highest BCUT2D eigenvalue weighted by Gasteiger charge is 2.21. The average Bonchev–Trinajstić information content (AvgIpc) is 2.58. The molecule has 0 spiro atoms. The van der Waals surface area contributed by atoms with E-state index < -0.39 is 5.97 Å². The molecule has 1 rings (SSSR count). The van der Waals surface area contributed by atoms with E-state index in [1.807, 2.05) is 27.7 Å². The van der Waals surface area contributed by atoms with Gasteiger partial charge in [-0.1, -0.05) is 13.8 Å². The molecule has 1 aromatic heterocycles. The summed E-state index contributed by atoms with van der Waals surface area (Å²) in [7, 11) is 0. The van der Waals surface area contributed by atoms with Gasteiger partial charge in [0.15, 0.2) is 0 Å². The Balaban J connectivity index is 2.70. The molecule has 0 bridgehead atoms. The largest absolute Gasteiger partial charge is 0.481 e. The van der Waals surface area contributed by atoms with E-state index in [2.05, 4.69) is 5.32 Å². The predicted molar refractivity (Wildman–Crippen MR) is 80.5 cm³/mol. The number of nitrogens with one attached hydrogen (secondary N) is 1. The van der Waals surface area contributed by atoms with Gasteiger partial charge in [0.2, 0.25) is 0 Å². The second-order valence-electron chi connectivity index (χ2n) is 6.02. The van der Waals surface area contributed by atoms with Gasteiger partial charge >= 0.3 is 5.97 Å². The van der Waals surface area contributed by atoms with Crippen LogP contribution < -0.4 is 5.32 Å². The fraction of sp³-hybridized carbons (Fsp3) is 0.625. The van der Waals surface area contributed by atoms with E-state index in [4.69, 9.17) is 9.52 Å². The highest BCUT2D eigenvalue weighted by Crippen LogP contribution is 2.21. The van der Waals surface area contributed by atoms with Crippen molar-refractivity contribution in [1.29, 1.82) is 0 Å². The zero-order chi connectivity index (χ0) is 16.2. The monoisotopic (exact) mass is 295 g/mol. The quantitative estimate of drug-likeness (QED) is 0.810. The molecule has 5 heteroatoms. The summed E-state index contributed by atoms with van der Waals surface area (Å²) in [6.45, 7) is 9.90. The Labute approximate surface area is 125 Å². The molecular formula is C16H25NO4. The number of amides is 1. The smallest absolute Gasteiger partial charge is 0.303 e. The molecule has 118 valence electrons. The summed E-state index contributed by atoms with van der Waals surface area (Å²) >= 11 is 0. The second-order valence-corrected chi connectivity index (χ2v) is 6.02. The maximum Gasteiger partial charge on any atom is 0.303 e. The van der Waals surface area contributed by atoms with Crippen LogP contribution in [0.15, 0.2) is 4.42 Å². The molecule has 0 fully saturated rings. The Morgan fingerprint density at radius 2 is 1.81 bits per heavy atom. The van der Waals surface area contributed by atoms with Gasteiger partial charge in [0.25, 0.3) is 5.91 Å².